The molecule has 1 unspecified atom stereocenters. The number of nitrogens with one attached hydrogen (secondary N) is 1. The molecule has 0 radical (unpaired) electrons. The van der Waals surface area contributed by atoms with Crippen LogP contribution < -0.4 is 5.32 Å². The first-order chi connectivity index (χ1) is 7.61. The SMILES string of the molecule is CCCCC(CC)CNCC(O)(CC)CC. The Morgan fingerprint density at radius 3 is 2.19 bits per heavy atom. The fourth-order valence-electron chi connectivity index (χ4n) is 1.95. The summed E-state index contributed by atoms with van der Waals surface area (Å²) in [6, 6.07) is 0. The van der Waals surface area contributed by atoms with Crippen LogP contribution in [0.1, 0.15) is 66.2 Å². The van der Waals surface area contributed by atoms with Crippen LogP contribution in [0.15, 0.2) is 0 Å². The molecule has 0 fully saturated rings. The van der Waals surface area contributed by atoms with E-state index in [4.69, 9.17) is 0 Å². The molecule has 0 heterocycles. The van der Waals surface area contributed by atoms with E-state index in [1.807, 2.05) is 0 Å². The maximum Gasteiger partial charge on any atom is 0.0766 e. The van der Waals surface area contributed by atoms with E-state index in [2.05, 4.69) is 33.0 Å². The van der Waals surface area contributed by atoms with Gasteiger partial charge in [-0.05, 0) is 31.7 Å². The van der Waals surface area contributed by atoms with E-state index < -0.39 is 5.60 Å². The highest BCUT2D eigenvalue weighted by Crippen LogP contribution is 2.15. The van der Waals surface area contributed by atoms with Gasteiger partial charge in [0.25, 0.3) is 0 Å². The van der Waals surface area contributed by atoms with Gasteiger partial charge in [0.15, 0.2) is 0 Å². The molecule has 0 saturated heterocycles. The van der Waals surface area contributed by atoms with Crippen LogP contribution in [-0.2, 0) is 0 Å². The summed E-state index contributed by atoms with van der Waals surface area (Å²) in [5, 5.41) is 13.6. The predicted molar refractivity (Wildman–Crippen MR) is 71.7 cm³/mol. The van der Waals surface area contributed by atoms with Gasteiger partial charge in [-0.2, -0.15) is 0 Å². The van der Waals surface area contributed by atoms with Gasteiger partial charge in [-0.25, -0.2) is 0 Å². The Morgan fingerprint density at radius 1 is 1.12 bits per heavy atom. The summed E-state index contributed by atoms with van der Waals surface area (Å²) in [5.41, 5.74) is -0.497. The van der Waals surface area contributed by atoms with Crippen molar-refractivity contribution < 1.29 is 5.11 Å². The number of rotatable bonds is 10. The van der Waals surface area contributed by atoms with E-state index in [1.165, 1.54) is 25.7 Å². The summed E-state index contributed by atoms with van der Waals surface area (Å²) in [4.78, 5) is 0. The summed E-state index contributed by atoms with van der Waals surface area (Å²) in [7, 11) is 0. The van der Waals surface area contributed by atoms with E-state index in [1.54, 1.807) is 0 Å². The van der Waals surface area contributed by atoms with Crippen LogP contribution in [0.3, 0.4) is 0 Å². The summed E-state index contributed by atoms with van der Waals surface area (Å²) < 4.78 is 0. The molecule has 0 rings (SSSR count). The molecule has 0 aromatic heterocycles. The average Bonchev–Trinajstić information content (AvgIpc) is 2.33. The van der Waals surface area contributed by atoms with Crippen molar-refractivity contribution in [2.24, 2.45) is 5.92 Å². The lowest BCUT2D eigenvalue weighted by molar-refractivity contribution is 0.0316. The summed E-state index contributed by atoms with van der Waals surface area (Å²) in [5.74, 6) is 0.776. The van der Waals surface area contributed by atoms with E-state index in [9.17, 15) is 5.11 Å². The van der Waals surface area contributed by atoms with Crippen LogP contribution in [0.25, 0.3) is 0 Å². The number of unbranched alkanes of at least 4 members (excludes halogenated alkanes) is 1. The molecule has 0 aliphatic carbocycles. The highest BCUT2D eigenvalue weighted by Gasteiger charge is 2.21. The van der Waals surface area contributed by atoms with E-state index in [0.717, 1.165) is 31.8 Å². The Morgan fingerprint density at radius 2 is 1.75 bits per heavy atom. The van der Waals surface area contributed by atoms with Crippen molar-refractivity contribution in [3.05, 3.63) is 0 Å². The fraction of sp³-hybridized carbons (Fsp3) is 1.00. The average molecular weight is 229 g/mol. The van der Waals surface area contributed by atoms with Gasteiger partial charge >= 0.3 is 0 Å². The third-order valence-electron chi connectivity index (χ3n) is 3.75. The summed E-state index contributed by atoms with van der Waals surface area (Å²) >= 11 is 0. The first kappa shape index (κ1) is 15.9. The molecule has 16 heavy (non-hydrogen) atoms. The maximum absolute atomic E-state index is 10.1. The van der Waals surface area contributed by atoms with Crippen LogP contribution in [0, 0.1) is 5.92 Å². The normalized spacial score (nSPS) is 14.1. The number of aliphatic hydroxyl groups is 1. The molecule has 0 bridgehead atoms. The largest absolute Gasteiger partial charge is 0.389 e. The molecule has 1 atom stereocenters. The molecular weight excluding hydrogens is 198 g/mol. The molecule has 0 amide bonds. The molecule has 0 saturated carbocycles. The molecular formula is C14H31NO. The first-order valence-electron chi connectivity index (χ1n) is 7.04. The molecule has 0 aromatic rings. The minimum absolute atomic E-state index is 0.497. The quantitative estimate of drug-likeness (QED) is 0.602. The van der Waals surface area contributed by atoms with E-state index in [0.29, 0.717) is 0 Å². The van der Waals surface area contributed by atoms with Crippen LogP contribution in [-0.4, -0.2) is 23.8 Å². The summed E-state index contributed by atoms with van der Waals surface area (Å²) in [6.45, 7) is 10.4. The zero-order valence-corrected chi connectivity index (χ0v) is 11.7. The van der Waals surface area contributed by atoms with Crippen molar-refractivity contribution in [2.75, 3.05) is 13.1 Å². The zero-order valence-electron chi connectivity index (χ0n) is 11.7. The maximum atomic E-state index is 10.1. The Kier molecular flexibility index (Phi) is 8.96. The van der Waals surface area contributed by atoms with Gasteiger partial charge in [-0.1, -0.05) is 47.0 Å². The lowest BCUT2D eigenvalue weighted by Gasteiger charge is -2.26. The van der Waals surface area contributed by atoms with Crippen molar-refractivity contribution in [3.8, 4) is 0 Å². The van der Waals surface area contributed by atoms with Crippen molar-refractivity contribution >= 4 is 0 Å². The molecule has 0 aliphatic rings. The summed E-state index contributed by atoms with van der Waals surface area (Å²) in [6.07, 6.45) is 6.83. The minimum atomic E-state index is -0.497. The standard InChI is InChI=1S/C14H31NO/c1-5-9-10-13(6-2)11-15-12-14(16,7-3)8-4/h13,15-16H,5-12H2,1-4H3. The topological polar surface area (TPSA) is 32.3 Å². The zero-order chi connectivity index (χ0) is 12.4. The molecule has 2 heteroatoms. The van der Waals surface area contributed by atoms with Crippen LogP contribution in [0.5, 0.6) is 0 Å². The Bertz CT molecular complexity index is 155. The van der Waals surface area contributed by atoms with Crippen LogP contribution in [0.2, 0.25) is 0 Å². The molecule has 98 valence electrons. The number of hydrogen-bond acceptors (Lipinski definition) is 2. The second-order valence-electron chi connectivity index (χ2n) is 4.98. The molecule has 0 aliphatic heterocycles. The van der Waals surface area contributed by atoms with Crippen LogP contribution >= 0.6 is 0 Å². The third kappa shape index (κ3) is 6.49. The first-order valence-corrected chi connectivity index (χ1v) is 7.04. The molecule has 0 aromatic carbocycles. The van der Waals surface area contributed by atoms with Crippen molar-refractivity contribution in [1.29, 1.82) is 0 Å². The number of hydrogen-bond donors (Lipinski definition) is 2. The predicted octanol–water partition coefficient (Wildman–Crippen LogP) is 3.34. The van der Waals surface area contributed by atoms with Gasteiger partial charge in [0, 0.05) is 6.54 Å². The van der Waals surface area contributed by atoms with E-state index >= 15 is 0 Å². The minimum Gasteiger partial charge on any atom is -0.389 e. The lowest BCUT2D eigenvalue weighted by atomic mass is 9.96. The van der Waals surface area contributed by atoms with Gasteiger partial charge in [0.1, 0.15) is 0 Å². The van der Waals surface area contributed by atoms with Crippen molar-refractivity contribution in [1.82, 2.24) is 5.32 Å². The van der Waals surface area contributed by atoms with Crippen molar-refractivity contribution in [3.63, 3.8) is 0 Å². The van der Waals surface area contributed by atoms with E-state index in [-0.39, 0.29) is 0 Å². The smallest absolute Gasteiger partial charge is 0.0766 e. The van der Waals surface area contributed by atoms with Gasteiger partial charge in [-0.15, -0.1) is 0 Å². The lowest BCUT2D eigenvalue weighted by Crippen LogP contribution is -2.41. The van der Waals surface area contributed by atoms with Gasteiger partial charge < -0.3 is 10.4 Å². The van der Waals surface area contributed by atoms with Crippen molar-refractivity contribution in [2.45, 2.75) is 71.8 Å². The Hall–Kier alpha value is -0.0800. The van der Waals surface area contributed by atoms with Gasteiger partial charge in [0.2, 0.25) is 0 Å². The van der Waals surface area contributed by atoms with Gasteiger partial charge in [0.05, 0.1) is 5.60 Å². The fourth-order valence-corrected chi connectivity index (χ4v) is 1.95. The second kappa shape index (κ2) is 9.00. The third-order valence-corrected chi connectivity index (χ3v) is 3.75. The van der Waals surface area contributed by atoms with Crippen LogP contribution in [0.4, 0.5) is 0 Å². The highest BCUT2D eigenvalue weighted by molar-refractivity contribution is 4.78. The molecule has 0 spiro atoms. The Balaban J connectivity index is 3.76. The molecule has 2 nitrogen and oxygen atoms in total. The monoisotopic (exact) mass is 229 g/mol. The van der Waals surface area contributed by atoms with Gasteiger partial charge in [-0.3, -0.25) is 0 Å². The molecule has 2 N–H and O–H groups in total. The Labute approximate surface area is 102 Å². The second-order valence-corrected chi connectivity index (χ2v) is 4.98. The highest BCUT2D eigenvalue weighted by atomic mass is 16.3.